The third-order valence-electron chi connectivity index (χ3n) is 4.69. The van der Waals surface area contributed by atoms with Crippen LogP contribution in [0.3, 0.4) is 0 Å². The predicted octanol–water partition coefficient (Wildman–Crippen LogP) is 4.94. The molecule has 0 saturated heterocycles. The number of fused-ring (bicyclic) bond motifs is 3. The molecule has 0 heterocycles. The second kappa shape index (κ2) is 4.00. The Morgan fingerprint density at radius 3 is 2.68 bits per heavy atom. The van der Waals surface area contributed by atoms with Crippen LogP contribution in [0.2, 0.25) is 0 Å². The van der Waals surface area contributed by atoms with Gasteiger partial charge in [0.2, 0.25) is 0 Å². The van der Waals surface area contributed by atoms with Crippen LogP contribution in [0.15, 0.2) is 23.8 Å². The van der Waals surface area contributed by atoms with Gasteiger partial charge in [-0.15, -0.1) is 0 Å². The molecule has 19 heavy (non-hydrogen) atoms. The van der Waals surface area contributed by atoms with Gasteiger partial charge in [0.15, 0.2) is 0 Å². The fourth-order valence-corrected chi connectivity index (χ4v) is 3.66. The van der Waals surface area contributed by atoms with E-state index in [2.05, 4.69) is 45.9 Å². The van der Waals surface area contributed by atoms with Crippen LogP contribution in [0.25, 0.3) is 11.6 Å². The molecular weight excluding hydrogens is 232 g/mol. The highest BCUT2D eigenvalue weighted by atomic mass is 16.3. The van der Waals surface area contributed by atoms with E-state index >= 15 is 0 Å². The largest absolute Gasteiger partial charge is 0.507 e. The van der Waals surface area contributed by atoms with E-state index in [0.717, 1.165) is 11.1 Å². The van der Waals surface area contributed by atoms with Crippen molar-refractivity contribution in [3.05, 3.63) is 40.5 Å². The maximum absolute atomic E-state index is 10.2. The summed E-state index contributed by atoms with van der Waals surface area (Å²) in [6, 6.07) is 4.09. The van der Waals surface area contributed by atoms with Crippen LogP contribution in [0.5, 0.6) is 5.75 Å². The van der Waals surface area contributed by atoms with Gasteiger partial charge in [-0.05, 0) is 48.4 Å². The number of aryl methyl sites for hydroxylation is 1. The Labute approximate surface area is 115 Å². The number of allylic oxidation sites excluding steroid dienone is 3. The molecule has 0 unspecified atom stereocenters. The first kappa shape index (κ1) is 12.5. The van der Waals surface area contributed by atoms with Crippen molar-refractivity contribution < 1.29 is 5.11 Å². The number of rotatable bonds is 1. The molecule has 0 bridgehead atoms. The zero-order chi connectivity index (χ0) is 13.8. The van der Waals surface area contributed by atoms with E-state index in [9.17, 15) is 5.11 Å². The lowest BCUT2D eigenvalue weighted by Crippen LogP contribution is -2.16. The van der Waals surface area contributed by atoms with Gasteiger partial charge in [-0.1, -0.05) is 44.6 Å². The van der Waals surface area contributed by atoms with Crippen molar-refractivity contribution in [3.63, 3.8) is 0 Å². The molecule has 0 aliphatic heterocycles. The molecule has 0 aromatic heterocycles. The zero-order valence-electron chi connectivity index (χ0n) is 12.2. The van der Waals surface area contributed by atoms with Crippen molar-refractivity contribution in [1.29, 1.82) is 0 Å². The average Bonchev–Trinajstić information content (AvgIpc) is 2.66. The third-order valence-corrected chi connectivity index (χ3v) is 4.69. The van der Waals surface area contributed by atoms with Crippen LogP contribution < -0.4 is 0 Å². The molecule has 0 radical (unpaired) electrons. The lowest BCUT2D eigenvalue weighted by Gasteiger charge is -2.31. The number of phenolic OH excluding ortho intramolecular Hbond substituents is 1. The summed E-state index contributed by atoms with van der Waals surface area (Å²) in [7, 11) is 0. The lowest BCUT2D eigenvalue weighted by molar-refractivity contribution is 0.472. The van der Waals surface area contributed by atoms with Gasteiger partial charge in [-0.25, -0.2) is 0 Å². The number of hydrogen-bond acceptors (Lipinski definition) is 1. The summed E-state index contributed by atoms with van der Waals surface area (Å²) < 4.78 is 0. The number of aromatic hydroxyl groups is 1. The van der Waals surface area contributed by atoms with Gasteiger partial charge in [0.25, 0.3) is 0 Å². The van der Waals surface area contributed by atoms with Gasteiger partial charge < -0.3 is 5.11 Å². The number of phenols is 1. The van der Waals surface area contributed by atoms with Crippen LogP contribution in [0, 0.1) is 18.3 Å². The minimum absolute atomic E-state index is 0.160. The molecular formula is C18H22O. The summed E-state index contributed by atoms with van der Waals surface area (Å²) in [5, 5.41) is 10.2. The van der Waals surface area contributed by atoms with Crippen molar-refractivity contribution in [1.82, 2.24) is 0 Å². The Bertz CT molecular complexity index is 604. The monoisotopic (exact) mass is 254 g/mol. The zero-order valence-corrected chi connectivity index (χ0v) is 12.2. The summed E-state index contributed by atoms with van der Waals surface area (Å²) in [6.45, 7) is 8.94. The first-order valence-corrected chi connectivity index (χ1v) is 7.19. The van der Waals surface area contributed by atoms with E-state index in [1.165, 1.54) is 24.0 Å². The number of benzene rings is 1. The fraction of sp³-hybridized carbons (Fsp3) is 0.444. The van der Waals surface area contributed by atoms with E-state index in [4.69, 9.17) is 0 Å². The minimum Gasteiger partial charge on any atom is -0.507 e. The van der Waals surface area contributed by atoms with E-state index in [1.807, 2.05) is 6.07 Å². The standard InChI is InChI=1S/C18H22O/c1-11(2)13-5-7-18(4)8-6-14-15(17(13)18)9-12(3)10-16(14)19/h6,8-11,19H,5,7H2,1-4H3/t18-/m0/s1. The van der Waals surface area contributed by atoms with Crippen molar-refractivity contribution in [2.45, 2.75) is 40.5 Å². The molecule has 2 aliphatic carbocycles. The molecule has 3 rings (SSSR count). The highest BCUT2D eigenvalue weighted by Gasteiger charge is 2.39. The Kier molecular flexibility index (Phi) is 2.63. The van der Waals surface area contributed by atoms with Gasteiger partial charge in [0.05, 0.1) is 0 Å². The van der Waals surface area contributed by atoms with Crippen molar-refractivity contribution >= 4 is 11.6 Å². The van der Waals surface area contributed by atoms with E-state index < -0.39 is 0 Å². The Morgan fingerprint density at radius 2 is 2.00 bits per heavy atom. The maximum Gasteiger partial charge on any atom is 0.123 e. The fourth-order valence-electron chi connectivity index (χ4n) is 3.66. The maximum atomic E-state index is 10.2. The second-order valence-electron chi connectivity index (χ2n) is 6.55. The molecule has 0 amide bonds. The van der Waals surface area contributed by atoms with Crippen molar-refractivity contribution in [2.75, 3.05) is 0 Å². The highest BCUT2D eigenvalue weighted by molar-refractivity contribution is 5.88. The topological polar surface area (TPSA) is 20.2 Å². The molecule has 1 N–H and O–H groups in total. The van der Waals surface area contributed by atoms with Crippen LogP contribution in [-0.4, -0.2) is 5.11 Å². The molecule has 1 nitrogen and oxygen atoms in total. The molecule has 1 heteroatoms. The smallest absolute Gasteiger partial charge is 0.123 e. The van der Waals surface area contributed by atoms with Gasteiger partial charge in [0.1, 0.15) is 5.75 Å². The third kappa shape index (κ3) is 1.75. The van der Waals surface area contributed by atoms with Gasteiger partial charge in [0, 0.05) is 11.0 Å². The Morgan fingerprint density at radius 1 is 1.26 bits per heavy atom. The van der Waals surface area contributed by atoms with Crippen LogP contribution in [0.4, 0.5) is 0 Å². The van der Waals surface area contributed by atoms with Crippen LogP contribution >= 0.6 is 0 Å². The summed E-state index contributed by atoms with van der Waals surface area (Å²) in [5.41, 5.74) is 6.59. The average molecular weight is 254 g/mol. The minimum atomic E-state index is 0.160. The first-order chi connectivity index (χ1) is 8.92. The first-order valence-electron chi connectivity index (χ1n) is 7.19. The van der Waals surface area contributed by atoms with Crippen molar-refractivity contribution in [3.8, 4) is 5.75 Å². The molecule has 1 aromatic carbocycles. The molecule has 2 aliphatic rings. The van der Waals surface area contributed by atoms with E-state index in [1.54, 1.807) is 5.57 Å². The summed E-state index contributed by atoms with van der Waals surface area (Å²) in [6.07, 6.45) is 6.77. The van der Waals surface area contributed by atoms with Gasteiger partial charge in [-0.2, -0.15) is 0 Å². The van der Waals surface area contributed by atoms with Gasteiger partial charge in [-0.3, -0.25) is 0 Å². The summed E-state index contributed by atoms with van der Waals surface area (Å²) in [5.74, 6) is 0.995. The lowest BCUT2D eigenvalue weighted by atomic mass is 9.73. The Hall–Kier alpha value is -1.50. The van der Waals surface area contributed by atoms with Crippen molar-refractivity contribution in [2.24, 2.45) is 11.3 Å². The summed E-state index contributed by atoms with van der Waals surface area (Å²) >= 11 is 0. The molecule has 100 valence electrons. The highest BCUT2D eigenvalue weighted by Crippen LogP contribution is 2.55. The second-order valence-corrected chi connectivity index (χ2v) is 6.55. The van der Waals surface area contributed by atoms with Crippen LogP contribution in [0.1, 0.15) is 50.3 Å². The molecule has 0 fully saturated rings. The van der Waals surface area contributed by atoms with Gasteiger partial charge >= 0.3 is 0 Å². The molecule has 0 saturated carbocycles. The molecule has 1 aromatic rings. The van der Waals surface area contributed by atoms with Crippen LogP contribution in [-0.2, 0) is 0 Å². The molecule has 1 atom stereocenters. The number of hydrogen-bond donors (Lipinski definition) is 1. The Balaban J connectivity index is 2.33. The molecule has 0 spiro atoms. The SMILES string of the molecule is Cc1cc(O)c2c(c1)C1=C(C(C)C)CC[C@@]1(C)C=C2. The normalized spacial score (nSPS) is 24.9. The van der Waals surface area contributed by atoms with E-state index in [0.29, 0.717) is 11.7 Å². The quantitative estimate of drug-likeness (QED) is 0.752. The predicted molar refractivity (Wildman–Crippen MR) is 81.0 cm³/mol. The van der Waals surface area contributed by atoms with E-state index in [-0.39, 0.29) is 5.41 Å². The summed E-state index contributed by atoms with van der Waals surface area (Å²) in [4.78, 5) is 0.